The lowest BCUT2D eigenvalue weighted by molar-refractivity contribution is -0.139. The molecule has 2 aromatic heterocycles. The van der Waals surface area contributed by atoms with Crippen LogP contribution in [0.1, 0.15) is 71.3 Å². The molecule has 3 fully saturated rings. The molecule has 3 aliphatic rings. The molecule has 2 aromatic rings. The number of amides is 1. The molecule has 1 saturated heterocycles. The first kappa shape index (κ1) is 24.0. The Kier molecular flexibility index (Phi) is 6.93. The predicted octanol–water partition coefficient (Wildman–Crippen LogP) is 3.28. The molecule has 2 atom stereocenters. The quantitative estimate of drug-likeness (QED) is 0.580. The molecule has 10 heteroatoms. The number of rotatable bonds is 9. The summed E-state index contributed by atoms with van der Waals surface area (Å²) in [5, 5.41) is 11.7. The molecule has 1 unspecified atom stereocenters. The highest BCUT2D eigenvalue weighted by Gasteiger charge is 2.33. The van der Waals surface area contributed by atoms with E-state index in [1.165, 1.54) is 10.7 Å². The lowest BCUT2D eigenvalue weighted by Crippen LogP contribution is -2.36. The number of anilines is 1. The van der Waals surface area contributed by atoms with Crippen molar-refractivity contribution < 1.29 is 19.0 Å². The topological polar surface area (TPSA) is 110 Å². The van der Waals surface area contributed by atoms with E-state index in [0.717, 1.165) is 44.9 Å². The Balaban J connectivity index is 1.28. The van der Waals surface area contributed by atoms with Crippen LogP contribution in [0.5, 0.6) is 5.75 Å². The number of hydrogen-bond donors (Lipinski definition) is 1. The van der Waals surface area contributed by atoms with Crippen molar-refractivity contribution in [2.45, 2.75) is 95.8 Å². The largest absolute Gasteiger partial charge is 0.489 e. The highest BCUT2D eigenvalue weighted by molar-refractivity contribution is 5.92. The zero-order valence-electron chi connectivity index (χ0n) is 20.5. The van der Waals surface area contributed by atoms with Crippen molar-refractivity contribution in [3.8, 4) is 5.75 Å². The average molecular weight is 486 g/mol. The van der Waals surface area contributed by atoms with E-state index in [1.54, 1.807) is 23.1 Å². The average Bonchev–Trinajstić information content (AvgIpc) is 3.52. The molecule has 5 rings (SSSR count). The molecular formula is C25H35N5O5. The van der Waals surface area contributed by atoms with Gasteiger partial charge in [-0.15, -0.1) is 0 Å². The van der Waals surface area contributed by atoms with Gasteiger partial charge in [0.1, 0.15) is 17.9 Å². The fraction of sp³-hybridized carbons (Fsp3) is 0.680. The molecule has 10 nitrogen and oxygen atoms in total. The van der Waals surface area contributed by atoms with Gasteiger partial charge >= 0.3 is 0 Å². The van der Waals surface area contributed by atoms with E-state index in [1.807, 2.05) is 13.8 Å². The van der Waals surface area contributed by atoms with Crippen LogP contribution in [0.4, 0.5) is 5.82 Å². The maximum Gasteiger partial charge on any atom is 0.271 e. The van der Waals surface area contributed by atoms with Crippen molar-refractivity contribution in [2.75, 3.05) is 11.9 Å². The van der Waals surface area contributed by atoms with Crippen molar-refractivity contribution in [2.24, 2.45) is 5.92 Å². The predicted molar refractivity (Wildman–Crippen MR) is 128 cm³/mol. The molecule has 0 radical (unpaired) electrons. The second kappa shape index (κ2) is 10.1. The van der Waals surface area contributed by atoms with Gasteiger partial charge in [0, 0.05) is 18.3 Å². The minimum absolute atomic E-state index is 0.105. The van der Waals surface area contributed by atoms with Crippen LogP contribution >= 0.6 is 0 Å². The van der Waals surface area contributed by atoms with Gasteiger partial charge in [-0.2, -0.15) is 10.2 Å². The summed E-state index contributed by atoms with van der Waals surface area (Å²) in [6.07, 6.45) is 11.6. The summed E-state index contributed by atoms with van der Waals surface area (Å²) in [5.41, 5.74) is -0.327. The number of ether oxygens (including phenoxy) is 3. The van der Waals surface area contributed by atoms with Gasteiger partial charge in [0.25, 0.3) is 11.5 Å². The Morgan fingerprint density at radius 2 is 2.06 bits per heavy atom. The lowest BCUT2D eigenvalue weighted by atomic mass is 9.96. The third-order valence-corrected chi connectivity index (χ3v) is 7.14. The molecule has 0 spiro atoms. The van der Waals surface area contributed by atoms with E-state index in [9.17, 15) is 9.59 Å². The van der Waals surface area contributed by atoms with E-state index in [-0.39, 0.29) is 23.7 Å². The molecule has 3 heterocycles. The molecule has 1 aliphatic heterocycles. The highest BCUT2D eigenvalue weighted by atomic mass is 16.7. The van der Waals surface area contributed by atoms with Gasteiger partial charge in [0.2, 0.25) is 0 Å². The smallest absolute Gasteiger partial charge is 0.271 e. The maximum atomic E-state index is 13.4. The Hall–Kier alpha value is -2.72. The number of carbonyl (C=O) groups is 1. The fourth-order valence-corrected chi connectivity index (χ4v) is 5.06. The third-order valence-electron chi connectivity index (χ3n) is 7.14. The van der Waals surface area contributed by atoms with Gasteiger partial charge in [-0.25, -0.2) is 4.68 Å². The number of nitrogens with one attached hydrogen (secondary N) is 1. The van der Waals surface area contributed by atoms with E-state index >= 15 is 0 Å². The standard InChI is InChI=1S/C25H35N5O5/c1-25(2)33-16-20(35-25)15-29-11-10-22(28-29)27-24(32)21(12-17-6-3-4-7-17)30-23(31)13-19(14-26-30)34-18-8-5-9-18/h10-11,13-14,17-18,20-21H,3-9,12,15-16H2,1-2H3,(H,27,28,32)/t20-,21?/m1/s1. The first-order valence-electron chi connectivity index (χ1n) is 12.8. The van der Waals surface area contributed by atoms with Crippen LogP contribution in [-0.2, 0) is 20.8 Å². The van der Waals surface area contributed by atoms with Crippen LogP contribution in [0.25, 0.3) is 0 Å². The third kappa shape index (κ3) is 5.92. The Labute approximate surface area is 204 Å². The first-order chi connectivity index (χ1) is 16.8. The van der Waals surface area contributed by atoms with Crippen LogP contribution in [0.2, 0.25) is 0 Å². The summed E-state index contributed by atoms with van der Waals surface area (Å²) in [6.45, 7) is 4.78. The zero-order valence-corrected chi connectivity index (χ0v) is 20.5. The van der Waals surface area contributed by atoms with Gasteiger partial charge in [-0.1, -0.05) is 25.7 Å². The van der Waals surface area contributed by atoms with Gasteiger partial charge in [0.15, 0.2) is 11.6 Å². The molecule has 1 N–H and O–H groups in total. The number of aromatic nitrogens is 4. The van der Waals surface area contributed by atoms with Crippen LogP contribution in [0, 0.1) is 5.92 Å². The van der Waals surface area contributed by atoms with Crippen molar-refractivity contribution in [3.05, 3.63) is 34.9 Å². The summed E-state index contributed by atoms with van der Waals surface area (Å²) < 4.78 is 20.3. The van der Waals surface area contributed by atoms with Crippen molar-refractivity contribution in [3.63, 3.8) is 0 Å². The van der Waals surface area contributed by atoms with Gasteiger partial charge in [0.05, 0.1) is 25.5 Å². The number of hydrogen-bond acceptors (Lipinski definition) is 7. The summed E-state index contributed by atoms with van der Waals surface area (Å²) in [7, 11) is 0. The van der Waals surface area contributed by atoms with Gasteiger partial charge in [-0.3, -0.25) is 14.3 Å². The van der Waals surface area contributed by atoms with Crippen molar-refractivity contribution in [1.29, 1.82) is 0 Å². The summed E-state index contributed by atoms with van der Waals surface area (Å²) in [6, 6.07) is 2.48. The Morgan fingerprint density at radius 3 is 2.71 bits per heavy atom. The summed E-state index contributed by atoms with van der Waals surface area (Å²) >= 11 is 0. The minimum Gasteiger partial charge on any atom is -0.489 e. The SMILES string of the molecule is CC1(C)OC[C@@H](Cn2ccc(NC(=O)C(CC3CCCC3)n3ncc(OC4CCC4)cc3=O)n2)O1. The first-order valence-corrected chi connectivity index (χ1v) is 12.8. The molecule has 2 saturated carbocycles. The van der Waals surface area contributed by atoms with E-state index in [0.29, 0.717) is 37.1 Å². The van der Waals surface area contributed by atoms with E-state index in [2.05, 4.69) is 15.5 Å². The minimum atomic E-state index is -0.708. The fourth-order valence-electron chi connectivity index (χ4n) is 5.06. The maximum absolute atomic E-state index is 13.4. The van der Waals surface area contributed by atoms with Gasteiger partial charge in [-0.05, 0) is 45.4 Å². The van der Waals surface area contributed by atoms with Crippen molar-refractivity contribution >= 4 is 11.7 Å². The molecule has 0 bridgehead atoms. The monoisotopic (exact) mass is 485 g/mol. The molecule has 35 heavy (non-hydrogen) atoms. The zero-order chi connectivity index (χ0) is 24.4. The van der Waals surface area contributed by atoms with Crippen LogP contribution in [-0.4, -0.2) is 50.1 Å². The lowest BCUT2D eigenvalue weighted by Gasteiger charge is -2.26. The van der Waals surface area contributed by atoms with Crippen molar-refractivity contribution in [1.82, 2.24) is 19.6 Å². The summed E-state index contributed by atoms with van der Waals surface area (Å²) in [5.74, 6) is 0.413. The highest BCUT2D eigenvalue weighted by Crippen LogP contribution is 2.32. The second-order valence-electron chi connectivity index (χ2n) is 10.4. The molecule has 0 aromatic carbocycles. The van der Waals surface area contributed by atoms with Gasteiger partial charge < -0.3 is 19.5 Å². The normalized spacial score (nSPS) is 23.2. The molecule has 2 aliphatic carbocycles. The molecule has 190 valence electrons. The van der Waals surface area contributed by atoms with Crippen LogP contribution < -0.4 is 15.6 Å². The van der Waals surface area contributed by atoms with Crippen LogP contribution in [0.3, 0.4) is 0 Å². The van der Waals surface area contributed by atoms with Crippen LogP contribution in [0.15, 0.2) is 29.3 Å². The van der Waals surface area contributed by atoms with E-state index in [4.69, 9.17) is 14.2 Å². The number of carbonyl (C=O) groups excluding carboxylic acids is 1. The Bertz CT molecular complexity index is 1090. The Morgan fingerprint density at radius 1 is 1.26 bits per heavy atom. The second-order valence-corrected chi connectivity index (χ2v) is 10.4. The number of nitrogens with zero attached hydrogens (tertiary/aromatic N) is 4. The summed E-state index contributed by atoms with van der Waals surface area (Å²) in [4.78, 5) is 26.3. The van der Waals surface area contributed by atoms with E-state index < -0.39 is 11.8 Å². The molecule has 1 amide bonds. The molecular weight excluding hydrogens is 450 g/mol.